The number of aromatic nitrogens is 6. The maximum atomic E-state index is 13.1. The van der Waals surface area contributed by atoms with Gasteiger partial charge < -0.3 is 9.84 Å². The van der Waals surface area contributed by atoms with Crippen molar-refractivity contribution in [2.75, 3.05) is 19.0 Å². The highest BCUT2D eigenvalue weighted by Gasteiger charge is 2.28. The zero-order chi connectivity index (χ0) is 21.9. The molecule has 0 aliphatic heterocycles. The van der Waals surface area contributed by atoms with Crippen LogP contribution in [0.1, 0.15) is 5.69 Å². The van der Waals surface area contributed by atoms with Crippen LogP contribution >= 0.6 is 11.8 Å². The maximum absolute atomic E-state index is 13.1. The molecular weight excluding hydrogens is 425 g/mol. The Morgan fingerprint density at radius 2 is 1.97 bits per heavy atom. The first-order valence-electron chi connectivity index (χ1n) is 8.77. The molecule has 0 amide bonds. The predicted molar refractivity (Wildman–Crippen MR) is 102 cm³/mol. The molecule has 2 aromatic heterocycles. The molecule has 1 N–H and O–H groups in total. The number of thioether (sulfide) groups is 1. The topological polar surface area (TPSA) is 100.0 Å². The van der Waals surface area contributed by atoms with Gasteiger partial charge in [-0.3, -0.25) is 9.48 Å². The number of aliphatic hydroxyl groups is 1. The first-order valence-corrected chi connectivity index (χ1v) is 9.75. The van der Waals surface area contributed by atoms with Crippen molar-refractivity contribution in [1.82, 2.24) is 29.6 Å². The summed E-state index contributed by atoms with van der Waals surface area (Å²) in [5.41, 5.74) is 1.16. The molecule has 0 radical (unpaired) electrons. The smallest absolute Gasteiger partial charge is 0.390 e. The Balaban J connectivity index is 1.78. The van der Waals surface area contributed by atoms with E-state index in [1.807, 2.05) is 18.2 Å². The van der Waals surface area contributed by atoms with Gasteiger partial charge in [-0.1, -0.05) is 30.0 Å². The van der Waals surface area contributed by atoms with Gasteiger partial charge in [-0.05, 0) is 29.5 Å². The van der Waals surface area contributed by atoms with Gasteiger partial charge in [0, 0.05) is 12.8 Å². The Hall–Kier alpha value is -2.64. The van der Waals surface area contributed by atoms with Crippen molar-refractivity contribution in [2.45, 2.75) is 24.4 Å². The van der Waals surface area contributed by atoms with Crippen LogP contribution in [0.3, 0.4) is 0 Å². The number of nitrogens with zero attached hydrogens (tertiary/aromatic N) is 6. The lowest BCUT2D eigenvalue weighted by Gasteiger charge is -2.12. The number of aliphatic hydroxyl groups excluding tert-OH is 1. The standard InChI is InChI=1S/C17H19F3N6O3S/c1-11-14(15(28)26(24(11)2)12-6-4-3-5-7-12)25-16(21-22-23-25)30-9-13(27)8-29-10-17(18,19)20/h3-7,13,27H,8-10H2,1-2H3. The molecule has 1 aromatic carbocycles. The molecule has 0 fully saturated rings. The highest BCUT2D eigenvalue weighted by Crippen LogP contribution is 2.21. The summed E-state index contributed by atoms with van der Waals surface area (Å²) in [6.45, 7) is -0.180. The molecule has 0 aliphatic carbocycles. The number of rotatable bonds is 8. The second kappa shape index (κ2) is 9.02. The van der Waals surface area contributed by atoms with Crippen molar-refractivity contribution < 1.29 is 23.0 Å². The molecule has 0 saturated carbocycles. The van der Waals surface area contributed by atoms with Crippen molar-refractivity contribution in [3.05, 3.63) is 46.4 Å². The van der Waals surface area contributed by atoms with Crippen molar-refractivity contribution in [3.8, 4) is 11.4 Å². The Morgan fingerprint density at radius 1 is 1.27 bits per heavy atom. The van der Waals surface area contributed by atoms with Crippen LogP contribution in [0.5, 0.6) is 0 Å². The van der Waals surface area contributed by atoms with Crippen molar-refractivity contribution in [1.29, 1.82) is 0 Å². The van der Waals surface area contributed by atoms with Gasteiger partial charge in [-0.15, -0.1) is 5.10 Å². The van der Waals surface area contributed by atoms with Crippen molar-refractivity contribution in [2.24, 2.45) is 7.05 Å². The summed E-state index contributed by atoms with van der Waals surface area (Å²) in [5, 5.41) is 21.4. The number of hydrogen-bond donors (Lipinski definition) is 1. The quantitative estimate of drug-likeness (QED) is 0.526. The van der Waals surface area contributed by atoms with Crippen LogP contribution in [0.2, 0.25) is 0 Å². The molecule has 30 heavy (non-hydrogen) atoms. The zero-order valence-corrected chi connectivity index (χ0v) is 16.9. The van der Waals surface area contributed by atoms with Gasteiger partial charge in [0.15, 0.2) is 5.69 Å². The zero-order valence-electron chi connectivity index (χ0n) is 16.1. The van der Waals surface area contributed by atoms with Gasteiger partial charge in [0.25, 0.3) is 5.56 Å². The molecule has 13 heteroatoms. The minimum atomic E-state index is -4.46. The number of benzene rings is 1. The van der Waals surface area contributed by atoms with Crippen LogP contribution in [0.15, 0.2) is 40.3 Å². The summed E-state index contributed by atoms with van der Waals surface area (Å²) in [5.74, 6) is -0.0169. The van der Waals surface area contributed by atoms with E-state index in [-0.39, 0.29) is 22.2 Å². The van der Waals surface area contributed by atoms with Crippen LogP contribution in [0, 0.1) is 6.92 Å². The first-order chi connectivity index (χ1) is 14.2. The second-order valence-electron chi connectivity index (χ2n) is 6.38. The summed E-state index contributed by atoms with van der Waals surface area (Å²) in [4.78, 5) is 13.1. The first kappa shape index (κ1) is 22.1. The number of alkyl halides is 3. The molecule has 162 valence electrons. The summed E-state index contributed by atoms with van der Waals surface area (Å²) < 4.78 is 45.2. The fraction of sp³-hybridized carbons (Fsp3) is 0.412. The second-order valence-corrected chi connectivity index (χ2v) is 7.37. The lowest BCUT2D eigenvalue weighted by atomic mass is 10.3. The fourth-order valence-corrected chi connectivity index (χ4v) is 3.52. The minimum absolute atomic E-state index is 0.0169. The molecule has 0 spiro atoms. The predicted octanol–water partition coefficient (Wildman–Crippen LogP) is 1.49. The van der Waals surface area contributed by atoms with E-state index in [0.717, 1.165) is 11.8 Å². The highest BCUT2D eigenvalue weighted by molar-refractivity contribution is 7.99. The molecule has 0 bridgehead atoms. The van der Waals surface area contributed by atoms with E-state index in [4.69, 9.17) is 0 Å². The van der Waals surface area contributed by atoms with Gasteiger partial charge in [0.05, 0.1) is 24.1 Å². The lowest BCUT2D eigenvalue weighted by Crippen LogP contribution is -2.24. The monoisotopic (exact) mass is 444 g/mol. The van der Waals surface area contributed by atoms with Crippen LogP contribution in [-0.2, 0) is 11.8 Å². The Kier molecular flexibility index (Phi) is 6.63. The molecule has 1 atom stereocenters. The van der Waals surface area contributed by atoms with Crippen LogP contribution in [0.4, 0.5) is 13.2 Å². The number of para-hydroxylation sites is 1. The molecule has 3 rings (SSSR count). The van der Waals surface area contributed by atoms with Crippen LogP contribution in [-0.4, -0.2) is 65.9 Å². The van der Waals surface area contributed by atoms with Gasteiger partial charge in [-0.25, -0.2) is 4.68 Å². The average Bonchev–Trinajstić information content (AvgIpc) is 3.22. The molecule has 0 saturated heterocycles. The van der Waals surface area contributed by atoms with Crippen molar-refractivity contribution >= 4 is 11.8 Å². The summed E-state index contributed by atoms with van der Waals surface area (Å²) in [7, 11) is 1.73. The summed E-state index contributed by atoms with van der Waals surface area (Å²) in [6, 6.07) is 9.04. The normalized spacial score (nSPS) is 13.0. The number of ether oxygens (including phenoxy) is 1. The van der Waals surface area contributed by atoms with E-state index in [1.54, 1.807) is 30.8 Å². The Labute approximate surface area is 173 Å². The van der Waals surface area contributed by atoms with E-state index in [1.165, 1.54) is 9.36 Å². The SMILES string of the molecule is Cc1c(-n2nnnc2SCC(O)COCC(F)(F)F)c(=O)n(-c2ccccc2)n1C. The van der Waals surface area contributed by atoms with Crippen LogP contribution in [0.25, 0.3) is 11.4 Å². The van der Waals surface area contributed by atoms with Crippen LogP contribution < -0.4 is 5.56 Å². The van der Waals surface area contributed by atoms with Gasteiger partial charge in [0.1, 0.15) is 6.61 Å². The third-order valence-corrected chi connectivity index (χ3v) is 5.22. The van der Waals surface area contributed by atoms with Crippen molar-refractivity contribution in [3.63, 3.8) is 0 Å². The van der Waals surface area contributed by atoms with E-state index < -0.39 is 25.5 Å². The maximum Gasteiger partial charge on any atom is 0.411 e. The number of hydrogen-bond acceptors (Lipinski definition) is 7. The van der Waals surface area contributed by atoms with E-state index >= 15 is 0 Å². The number of tetrazole rings is 1. The average molecular weight is 444 g/mol. The van der Waals surface area contributed by atoms with E-state index in [9.17, 15) is 23.1 Å². The molecule has 9 nitrogen and oxygen atoms in total. The highest BCUT2D eigenvalue weighted by atomic mass is 32.2. The van der Waals surface area contributed by atoms with Gasteiger partial charge in [-0.2, -0.15) is 17.9 Å². The Bertz CT molecular complexity index is 1050. The molecular formula is C17H19F3N6O3S. The molecule has 0 aliphatic rings. The van der Waals surface area contributed by atoms with E-state index in [0.29, 0.717) is 11.4 Å². The van der Waals surface area contributed by atoms with E-state index in [2.05, 4.69) is 20.3 Å². The third-order valence-electron chi connectivity index (χ3n) is 4.16. The summed E-state index contributed by atoms with van der Waals surface area (Å²) in [6.07, 6.45) is -5.62. The van der Waals surface area contributed by atoms with Gasteiger partial charge in [0.2, 0.25) is 5.16 Å². The lowest BCUT2D eigenvalue weighted by molar-refractivity contribution is -0.178. The summed E-state index contributed by atoms with van der Waals surface area (Å²) >= 11 is 1.00. The molecule has 2 heterocycles. The minimum Gasteiger partial charge on any atom is -0.390 e. The Morgan fingerprint density at radius 3 is 2.63 bits per heavy atom. The third kappa shape index (κ3) is 4.91. The molecule has 3 aromatic rings. The largest absolute Gasteiger partial charge is 0.411 e. The molecule has 1 unspecified atom stereocenters. The fourth-order valence-electron chi connectivity index (χ4n) is 2.74. The number of halogens is 3. The van der Waals surface area contributed by atoms with Gasteiger partial charge >= 0.3 is 6.18 Å².